The molecule has 1 aliphatic heterocycles. The minimum absolute atomic E-state index is 0.444. The van der Waals surface area contributed by atoms with Crippen molar-refractivity contribution in [3.63, 3.8) is 0 Å². The molecule has 19 heavy (non-hydrogen) atoms. The third-order valence-electron chi connectivity index (χ3n) is 4.05. The summed E-state index contributed by atoms with van der Waals surface area (Å²) in [5, 5.41) is 13.3. The lowest BCUT2D eigenvalue weighted by atomic mass is 9.95. The van der Waals surface area contributed by atoms with Gasteiger partial charge in [0.15, 0.2) is 0 Å². The lowest BCUT2D eigenvalue weighted by Gasteiger charge is -2.35. The minimum atomic E-state index is 0.444. The van der Waals surface area contributed by atoms with Gasteiger partial charge < -0.3 is 10.4 Å². The van der Waals surface area contributed by atoms with E-state index in [1.54, 1.807) is 0 Å². The summed E-state index contributed by atoms with van der Waals surface area (Å²) >= 11 is 0. The van der Waals surface area contributed by atoms with E-state index in [1.165, 1.54) is 18.4 Å². The Bertz CT molecular complexity index is 402. The summed E-state index contributed by atoms with van der Waals surface area (Å²) in [7, 11) is 0. The average Bonchev–Trinajstić information content (AvgIpc) is 2.42. The SMILES string of the molecule is CCC[C@H](c1cc(C)c(O)c(C)c1)N1CCNCC1. The molecule has 0 aromatic heterocycles. The maximum atomic E-state index is 9.93. The van der Waals surface area contributed by atoms with Gasteiger partial charge in [-0.05, 0) is 37.0 Å². The molecule has 1 aromatic rings. The van der Waals surface area contributed by atoms with Crippen LogP contribution in [0.15, 0.2) is 12.1 Å². The van der Waals surface area contributed by atoms with E-state index < -0.39 is 0 Å². The van der Waals surface area contributed by atoms with Crippen molar-refractivity contribution in [2.24, 2.45) is 0 Å². The standard InChI is InChI=1S/C16H26N2O/c1-4-5-15(18-8-6-17-7-9-18)14-10-12(2)16(19)13(3)11-14/h10-11,15,17,19H,4-9H2,1-3H3/t15-/m1/s1. The van der Waals surface area contributed by atoms with E-state index in [2.05, 4.69) is 29.3 Å². The first-order chi connectivity index (χ1) is 9.13. The Morgan fingerprint density at radius 3 is 2.32 bits per heavy atom. The highest BCUT2D eigenvalue weighted by Crippen LogP contribution is 2.31. The number of benzene rings is 1. The van der Waals surface area contributed by atoms with Crippen molar-refractivity contribution in [3.05, 3.63) is 28.8 Å². The lowest BCUT2D eigenvalue weighted by Crippen LogP contribution is -2.45. The number of nitrogens with zero attached hydrogens (tertiary/aromatic N) is 1. The second-order valence-electron chi connectivity index (χ2n) is 5.59. The first-order valence-corrected chi connectivity index (χ1v) is 7.38. The maximum Gasteiger partial charge on any atom is 0.121 e. The van der Waals surface area contributed by atoms with Crippen LogP contribution in [0.3, 0.4) is 0 Å². The third-order valence-corrected chi connectivity index (χ3v) is 4.05. The van der Waals surface area contributed by atoms with E-state index in [1.807, 2.05) is 13.8 Å². The Labute approximate surface area is 116 Å². The first-order valence-electron chi connectivity index (χ1n) is 7.38. The van der Waals surface area contributed by atoms with Crippen molar-refractivity contribution in [3.8, 4) is 5.75 Å². The van der Waals surface area contributed by atoms with Crippen LogP contribution in [0.2, 0.25) is 0 Å². The van der Waals surface area contributed by atoms with Crippen molar-refractivity contribution in [1.82, 2.24) is 10.2 Å². The minimum Gasteiger partial charge on any atom is -0.507 e. The summed E-state index contributed by atoms with van der Waals surface area (Å²) in [5.41, 5.74) is 3.34. The molecule has 1 saturated heterocycles. The first kappa shape index (κ1) is 14.4. The van der Waals surface area contributed by atoms with E-state index >= 15 is 0 Å². The van der Waals surface area contributed by atoms with Gasteiger partial charge in [0.05, 0.1) is 0 Å². The fourth-order valence-electron chi connectivity index (χ4n) is 3.01. The molecule has 0 saturated carbocycles. The van der Waals surface area contributed by atoms with Gasteiger partial charge in [-0.2, -0.15) is 0 Å². The van der Waals surface area contributed by atoms with Gasteiger partial charge in [-0.3, -0.25) is 4.90 Å². The number of aryl methyl sites for hydroxylation is 2. The topological polar surface area (TPSA) is 35.5 Å². The summed E-state index contributed by atoms with van der Waals surface area (Å²) < 4.78 is 0. The molecule has 0 radical (unpaired) electrons. The average molecular weight is 262 g/mol. The van der Waals surface area contributed by atoms with Gasteiger partial charge in [0.1, 0.15) is 5.75 Å². The van der Waals surface area contributed by atoms with Crippen LogP contribution in [-0.2, 0) is 0 Å². The summed E-state index contributed by atoms with van der Waals surface area (Å²) in [6.45, 7) is 10.6. The van der Waals surface area contributed by atoms with E-state index in [0.29, 0.717) is 11.8 Å². The van der Waals surface area contributed by atoms with Gasteiger partial charge in [0, 0.05) is 32.2 Å². The predicted octanol–water partition coefficient (Wildman–Crippen LogP) is 2.76. The quantitative estimate of drug-likeness (QED) is 0.876. The maximum absolute atomic E-state index is 9.93. The van der Waals surface area contributed by atoms with E-state index in [0.717, 1.165) is 37.3 Å². The molecule has 1 aliphatic rings. The van der Waals surface area contributed by atoms with Gasteiger partial charge in [-0.15, -0.1) is 0 Å². The van der Waals surface area contributed by atoms with Crippen molar-refractivity contribution in [2.75, 3.05) is 26.2 Å². The highest BCUT2D eigenvalue weighted by Gasteiger charge is 2.22. The van der Waals surface area contributed by atoms with Crippen molar-refractivity contribution in [2.45, 2.75) is 39.7 Å². The van der Waals surface area contributed by atoms with Crippen molar-refractivity contribution < 1.29 is 5.11 Å². The molecule has 0 bridgehead atoms. The monoisotopic (exact) mass is 262 g/mol. The molecule has 0 aliphatic carbocycles. The zero-order valence-corrected chi connectivity index (χ0v) is 12.4. The lowest BCUT2D eigenvalue weighted by molar-refractivity contribution is 0.164. The van der Waals surface area contributed by atoms with Gasteiger partial charge in [-0.25, -0.2) is 0 Å². The van der Waals surface area contributed by atoms with Crippen molar-refractivity contribution >= 4 is 0 Å². The second-order valence-corrected chi connectivity index (χ2v) is 5.59. The number of piperazine rings is 1. The van der Waals surface area contributed by atoms with Gasteiger partial charge in [0.2, 0.25) is 0 Å². The molecule has 2 N–H and O–H groups in total. The van der Waals surface area contributed by atoms with Gasteiger partial charge in [0.25, 0.3) is 0 Å². The molecule has 1 heterocycles. The van der Waals surface area contributed by atoms with Crippen LogP contribution in [0, 0.1) is 13.8 Å². The van der Waals surface area contributed by atoms with Crippen LogP contribution in [0.5, 0.6) is 5.75 Å². The fourth-order valence-corrected chi connectivity index (χ4v) is 3.01. The summed E-state index contributed by atoms with van der Waals surface area (Å²) in [4.78, 5) is 2.57. The highest BCUT2D eigenvalue weighted by molar-refractivity contribution is 5.43. The van der Waals surface area contributed by atoms with E-state index in [9.17, 15) is 5.11 Å². The number of aromatic hydroxyl groups is 1. The number of hydrogen-bond donors (Lipinski definition) is 2. The molecule has 106 valence electrons. The molecule has 0 spiro atoms. The summed E-state index contributed by atoms with van der Waals surface area (Å²) in [6.07, 6.45) is 2.37. The Kier molecular flexibility index (Phi) is 4.83. The second kappa shape index (κ2) is 6.40. The molecule has 3 nitrogen and oxygen atoms in total. The number of phenols is 1. The molecular weight excluding hydrogens is 236 g/mol. The Morgan fingerprint density at radius 1 is 1.21 bits per heavy atom. The molecule has 2 rings (SSSR count). The van der Waals surface area contributed by atoms with Crippen molar-refractivity contribution in [1.29, 1.82) is 0 Å². The normalized spacial score (nSPS) is 18.5. The molecular formula is C16H26N2O. The fraction of sp³-hybridized carbons (Fsp3) is 0.625. The zero-order valence-electron chi connectivity index (χ0n) is 12.4. The van der Waals surface area contributed by atoms with Gasteiger partial charge >= 0.3 is 0 Å². The summed E-state index contributed by atoms with van der Waals surface area (Å²) in [6, 6.07) is 4.81. The number of nitrogens with one attached hydrogen (secondary N) is 1. The molecule has 0 unspecified atom stereocenters. The third kappa shape index (κ3) is 3.28. The molecule has 3 heteroatoms. The van der Waals surface area contributed by atoms with Crippen LogP contribution in [0.4, 0.5) is 0 Å². The van der Waals surface area contributed by atoms with Crippen LogP contribution in [0.25, 0.3) is 0 Å². The number of phenolic OH excluding ortho intramolecular Hbond substituents is 1. The smallest absolute Gasteiger partial charge is 0.121 e. The molecule has 1 fully saturated rings. The zero-order chi connectivity index (χ0) is 13.8. The molecule has 1 aromatic carbocycles. The van der Waals surface area contributed by atoms with Crippen LogP contribution in [0.1, 0.15) is 42.5 Å². The predicted molar refractivity (Wildman–Crippen MR) is 79.7 cm³/mol. The van der Waals surface area contributed by atoms with Crippen LogP contribution in [-0.4, -0.2) is 36.2 Å². The van der Waals surface area contributed by atoms with Gasteiger partial charge in [-0.1, -0.05) is 25.5 Å². The Hall–Kier alpha value is -1.06. The number of hydrogen-bond acceptors (Lipinski definition) is 3. The van der Waals surface area contributed by atoms with Crippen LogP contribution >= 0.6 is 0 Å². The number of rotatable bonds is 4. The van der Waals surface area contributed by atoms with Crippen LogP contribution < -0.4 is 5.32 Å². The molecule has 1 atom stereocenters. The largest absolute Gasteiger partial charge is 0.507 e. The van der Waals surface area contributed by atoms with E-state index in [-0.39, 0.29) is 0 Å². The Morgan fingerprint density at radius 2 is 1.79 bits per heavy atom. The summed E-state index contributed by atoms with van der Waals surface area (Å²) in [5.74, 6) is 0.444. The van der Waals surface area contributed by atoms with E-state index in [4.69, 9.17) is 0 Å². The highest BCUT2D eigenvalue weighted by atomic mass is 16.3. The molecule has 0 amide bonds. The Balaban J connectivity index is 2.27.